The van der Waals surface area contributed by atoms with Crippen LogP contribution in [0, 0.1) is 17.3 Å². The van der Waals surface area contributed by atoms with Crippen molar-refractivity contribution in [1.29, 1.82) is 0 Å². The van der Waals surface area contributed by atoms with Gasteiger partial charge in [-0.15, -0.1) is 0 Å². The lowest BCUT2D eigenvalue weighted by Crippen LogP contribution is -2.36. The van der Waals surface area contributed by atoms with Gasteiger partial charge in [-0.05, 0) is 43.9 Å². The highest BCUT2D eigenvalue weighted by Gasteiger charge is 2.55. The molecule has 0 aliphatic heterocycles. The number of carbonyl (C=O) groups is 1. The predicted molar refractivity (Wildman–Crippen MR) is 50.7 cm³/mol. The fourth-order valence-electron chi connectivity index (χ4n) is 3.50. The molecule has 0 radical (unpaired) electrons. The summed E-state index contributed by atoms with van der Waals surface area (Å²) >= 11 is 0. The van der Waals surface area contributed by atoms with Crippen molar-refractivity contribution < 1.29 is 14.3 Å². The lowest BCUT2D eigenvalue weighted by Gasteiger charge is -2.33. The third-order valence-electron chi connectivity index (χ3n) is 4.16. The Morgan fingerprint density at radius 2 is 2.29 bits per heavy atom. The monoisotopic (exact) mass is 200 g/mol. The van der Waals surface area contributed by atoms with Gasteiger partial charge in [0.05, 0.1) is 12.1 Å². The fourth-order valence-corrected chi connectivity index (χ4v) is 3.50. The molecule has 2 aliphatic carbocycles. The van der Waals surface area contributed by atoms with E-state index in [0.29, 0.717) is 24.7 Å². The maximum atomic E-state index is 12.1. The molecule has 14 heavy (non-hydrogen) atoms. The van der Waals surface area contributed by atoms with E-state index in [2.05, 4.69) is 0 Å². The Kier molecular flexibility index (Phi) is 2.50. The Balaban J connectivity index is 2.11. The van der Waals surface area contributed by atoms with Crippen LogP contribution in [0.15, 0.2) is 0 Å². The molecule has 2 rings (SSSR count). The first-order valence-electron chi connectivity index (χ1n) is 5.48. The van der Waals surface area contributed by atoms with Gasteiger partial charge >= 0.3 is 5.97 Å². The highest BCUT2D eigenvalue weighted by molar-refractivity contribution is 5.75. The van der Waals surface area contributed by atoms with Gasteiger partial charge < -0.3 is 5.11 Å². The second-order valence-corrected chi connectivity index (χ2v) is 4.83. The second kappa shape index (κ2) is 3.52. The van der Waals surface area contributed by atoms with Crippen molar-refractivity contribution in [1.82, 2.24) is 0 Å². The van der Waals surface area contributed by atoms with E-state index >= 15 is 0 Å². The topological polar surface area (TPSA) is 37.3 Å². The maximum absolute atomic E-state index is 12.1. The average Bonchev–Trinajstić information content (AvgIpc) is 2.74. The summed E-state index contributed by atoms with van der Waals surface area (Å²) in [6.45, 7) is -0.383. The van der Waals surface area contributed by atoms with Gasteiger partial charge in [0.1, 0.15) is 0 Å². The van der Waals surface area contributed by atoms with Gasteiger partial charge in [0, 0.05) is 0 Å². The van der Waals surface area contributed by atoms with Crippen molar-refractivity contribution in [3.8, 4) is 0 Å². The molecule has 0 aromatic heterocycles. The zero-order chi connectivity index (χ0) is 10.2. The zero-order valence-corrected chi connectivity index (χ0v) is 8.34. The van der Waals surface area contributed by atoms with Gasteiger partial charge in [-0.25, -0.2) is 0 Å². The number of carboxylic acids is 1. The maximum Gasteiger partial charge on any atom is 0.309 e. The predicted octanol–water partition coefficient (Wildman–Crippen LogP) is 2.63. The Morgan fingerprint density at radius 3 is 2.71 bits per heavy atom. The minimum atomic E-state index is -0.682. The van der Waals surface area contributed by atoms with Crippen LogP contribution in [0.2, 0.25) is 0 Å². The summed E-state index contributed by atoms with van der Waals surface area (Å²) in [5.41, 5.74) is -0.561. The number of carboxylic acid groups (broad SMARTS) is 1. The number of hydrogen-bond acceptors (Lipinski definition) is 1. The molecular weight excluding hydrogens is 183 g/mol. The molecule has 2 bridgehead atoms. The molecule has 80 valence electrons. The zero-order valence-electron chi connectivity index (χ0n) is 8.34. The second-order valence-electron chi connectivity index (χ2n) is 4.83. The van der Waals surface area contributed by atoms with E-state index < -0.39 is 11.4 Å². The summed E-state index contributed by atoms with van der Waals surface area (Å²) in [6.07, 6.45) is 5.06. The first-order valence-corrected chi connectivity index (χ1v) is 5.48. The number of fused-ring (bicyclic) bond motifs is 2. The largest absolute Gasteiger partial charge is 0.481 e. The van der Waals surface area contributed by atoms with Crippen LogP contribution in [-0.4, -0.2) is 17.8 Å². The van der Waals surface area contributed by atoms with Crippen molar-refractivity contribution in [3.05, 3.63) is 0 Å². The molecule has 1 N–H and O–H groups in total. The number of hydrogen-bond donors (Lipinski definition) is 1. The van der Waals surface area contributed by atoms with Gasteiger partial charge in [-0.2, -0.15) is 0 Å². The molecule has 2 saturated carbocycles. The van der Waals surface area contributed by atoms with E-state index in [1.165, 1.54) is 6.42 Å². The minimum absolute atomic E-state index is 0.330. The first kappa shape index (κ1) is 9.94. The Bertz CT molecular complexity index is 241. The fraction of sp³-hybridized carbons (Fsp3) is 0.909. The van der Waals surface area contributed by atoms with E-state index in [9.17, 15) is 14.3 Å². The molecule has 3 heteroatoms. The molecule has 0 heterocycles. The third kappa shape index (κ3) is 1.33. The summed E-state index contributed by atoms with van der Waals surface area (Å²) in [5.74, 6) is 0.255. The van der Waals surface area contributed by atoms with Crippen LogP contribution >= 0.6 is 0 Å². The van der Waals surface area contributed by atoms with E-state index in [-0.39, 0.29) is 6.67 Å². The smallest absolute Gasteiger partial charge is 0.309 e. The van der Waals surface area contributed by atoms with Crippen LogP contribution in [0.1, 0.15) is 38.5 Å². The van der Waals surface area contributed by atoms with Crippen LogP contribution in [0.5, 0.6) is 0 Å². The normalized spacial score (nSPS) is 40.4. The summed E-state index contributed by atoms with van der Waals surface area (Å²) in [7, 11) is 0. The summed E-state index contributed by atoms with van der Waals surface area (Å²) in [6, 6.07) is 0. The number of aliphatic carboxylic acids is 1. The van der Waals surface area contributed by atoms with Crippen molar-refractivity contribution >= 4 is 5.97 Å². The van der Waals surface area contributed by atoms with Gasteiger partial charge in [0.2, 0.25) is 0 Å². The standard InChI is InChI=1S/C11H17FO2/c12-5-1-4-11(10(13)14)7-8-2-3-9(11)6-8/h8-9H,1-7H2,(H,13,14). The molecule has 2 aliphatic rings. The lowest BCUT2D eigenvalue weighted by molar-refractivity contribution is -0.153. The van der Waals surface area contributed by atoms with E-state index in [4.69, 9.17) is 0 Å². The summed E-state index contributed by atoms with van der Waals surface area (Å²) < 4.78 is 12.1. The highest BCUT2D eigenvalue weighted by Crippen LogP contribution is 2.58. The van der Waals surface area contributed by atoms with Gasteiger partial charge in [-0.1, -0.05) is 6.42 Å². The van der Waals surface area contributed by atoms with Crippen LogP contribution < -0.4 is 0 Å². The Morgan fingerprint density at radius 1 is 1.50 bits per heavy atom. The Labute approximate surface area is 83.5 Å². The minimum Gasteiger partial charge on any atom is -0.481 e. The molecule has 0 spiro atoms. The first-order chi connectivity index (χ1) is 6.69. The molecule has 0 aromatic carbocycles. The van der Waals surface area contributed by atoms with E-state index in [1.54, 1.807) is 0 Å². The van der Waals surface area contributed by atoms with Crippen LogP contribution in [0.4, 0.5) is 4.39 Å². The van der Waals surface area contributed by atoms with Crippen molar-refractivity contribution in [2.75, 3.05) is 6.67 Å². The molecule has 3 atom stereocenters. The van der Waals surface area contributed by atoms with Crippen molar-refractivity contribution in [2.24, 2.45) is 17.3 Å². The molecule has 2 fully saturated rings. The van der Waals surface area contributed by atoms with Gasteiger partial charge in [0.15, 0.2) is 0 Å². The molecule has 3 unspecified atom stereocenters. The molecule has 0 aromatic rings. The van der Waals surface area contributed by atoms with Crippen LogP contribution in [0.3, 0.4) is 0 Å². The molecule has 0 amide bonds. The quantitative estimate of drug-likeness (QED) is 0.757. The van der Waals surface area contributed by atoms with Crippen LogP contribution in [-0.2, 0) is 4.79 Å². The number of rotatable bonds is 4. The van der Waals surface area contributed by atoms with E-state index in [0.717, 1.165) is 19.3 Å². The summed E-state index contributed by atoms with van der Waals surface area (Å²) in [5, 5.41) is 9.29. The average molecular weight is 200 g/mol. The molecule has 0 saturated heterocycles. The lowest BCUT2D eigenvalue weighted by atomic mass is 9.70. The number of alkyl halides is 1. The van der Waals surface area contributed by atoms with Crippen molar-refractivity contribution in [3.63, 3.8) is 0 Å². The van der Waals surface area contributed by atoms with Gasteiger partial charge in [0.25, 0.3) is 0 Å². The number of halogens is 1. The highest BCUT2D eigenvalue weighted by atomic mass is 19.1. The van der Waals surface area contributed by atoms with E-state index in [1.807, 2.05) is 0 Å². The van der Waals surface area contributed by atoms with Crippen molar-refractivity contribution in [2.45, 2.75) is 38.5 Å². The van der Waals surface area contributed by atoms with Gasteiger partial charge in [-0.3, -0.25) is 9.18 Å². The third-order valence-corrected chi connectivity index (χ3v) is 4.16. The summed E-state index contributed by atoms with van der Waals surface area (Å²) in [4.78, 5) is 11.3. The van der Waals surface area contributed by atoms with Crippen LogP contribution in [0.25, 0.3) is 0 Å². The SMILES string of the molecule is O=C(O)C1(CCCF)CC2CCC1C2. The molecule has 2 nitrogen and oxygen atoms in total. The molecular formula is C11H17FO2. The Hall–Kier alpha value is -0.600.